The normalized spacial score (nSPS) is 18.1. The fourth-order valence-corrected chi connectivity index (χ4v) is 1.44. The van der Waals surface area contributed by atoms with Gasteiger partial charge in [0.05, 0.1) is 19.7 Å². The molecule has 0 aromatic heterocycles. The summed E-state index contributed by atoms with van der Waals surface area (Å²) in [6.45, 7) is 3.65. The van der Waals surface area contributed by atoms with Gasteiger partial charge in [-0.1, -0.05) is 13.8 Å². The third-order valence-corrected chi connectivity index (χ3v) is 2.89. The standard InChI is InChI=1S/C7H14N2O3.C6H10N2O2/c1-3-5(8)7(11)9-4-6(10)12-2;1-2-4-6(10)7-3-5(9)8-4/h5H,3-4,8H2,1-2H3,(H,9,11);4H,2-3H2,1H3,(H,7,10)(H,8,9)/t5-;4-/m00/s1. The molecule has 1 fully saturated rings. The lowest BCUT2D eigenvalue weighted by atomic mass is 10.2. The number of hydrogen-bond donors (Lipinski definition) is 4. The van der Waals surface area contributed by atoms with Gasteiger partial charge in [0.1, 0.15) is 12.6 Å². The van der Waals surface area contributed by atoms with Crippen molar-refractivity contribution in [3.05, 3.63) is 0 Å². The van der Waals surface area contributed by atoms with E-state index in [1.165, 1.54) is 7.11 Å². The minimum absolute atomic E-state index is 0.0814. The van der Waals surface area contributed by atoms with Gasteiger partial charge in [-0.25, -0.2) is 0 Å². The summed E-state index contributed by atoms with van der Waals surface area (Å²) in [5, 5.41) is 7.39. The van der Waals surface area contributed by atoms with Gasteiger partial charge in [-0.3, -0.25) is 19.2 Å². The van der Waals surface area contributed by atoms with Crippen molar-refractivity contribution in [2.45, 2.75) is 38.8 Å². The zero-order valence-electron chi connectivity index (χ0n) is 13.1. The molecule has 126 valence electrons. The van der Waals surface area contributed by atoms with Crippen LogP contribution in [0.25, 0.3) is 0 Å². The lowest BCUT2D eigenvalue weighted by molar-refractivity contribution is -0.141. The fraction of sp³-hybridized carbons (Fsp3) is 0.692. The maximum Gasteiger partial charge on any atom is 0.325 e. The summed E-state index contributed by atoms with van der Waals surface area (Å²) in [5.41, 5.74) is 5.38. The van der Waals surface area contributed by atoms with Crippen LogP contribution in [-0.4, -0.2) is 56.0 Å². The van der Waals surface area contributed by atoms with Crippen molar-refractivity contribution in [1.29, 1.82) is 0 Å². The highest BCUT2D eigenvalue weighted by Gasteiger charge is 2.23. The van der Waals surface area contributed by atoms with Crippen molar-refractivity contribution in [2.75, 3.05) is 20.2 Å². The first kappa shape index (κ1) is 19.8. The molecule has 0 aromatic carbocycles. The zero-order valence-corrected chi connectivity index (χ0v) is 13.1. The van der Waals surface area contributed by atoms with Crippen LogP contribution in [0.1, 0.15) is 26.7 Å². The molecular formula is C13H24N4O5. The number of piperazine rings is 1. The van der Waals surface area contributed by atoms with Gasteiger partial charge in [0.15, 0.2) is 0 Å². The van der Waals surface area contributed by atoms with Gasteiger partial charge in [0.25, 0.3) is 0 Å². The Kier molecular flexibility index (Phi) is 9.51. The Morgan fingerprint density at radius 2 is 2.05 bits per heavy atom. The van der Waals surface area contributed by atoms with Gasteiger partial charge in [-0.2, -0.15) is 0 Å². The summed E-state index contributed by atoms with van der Waals surface area (Å²) in [5.74, 6) is -0.997. The third-order valence-electron chi connectivity index (χ3n) is 2.89. The van der Waals surface area contributed by atoms with E-state index in [9.17, 15) is 19.2 Å². The second-order valence-corrected chi connectivity index (χ2v) is 4.55. The number of carbonyl (C=O) groups excluding carboxylic acids is 4. The number of rotatable bonds is 5. The average Bonchev–Trinajstić information content (AvgIpc) is 2.54. The van der Waals surface area contributed by atoms with E-state index in [1.54, 1.807) is 6.92 Å². The first-order chi connectivity index (χ1) is 10.3. The monoisotopic (exact) mass is 316 g/mol. The summed E-state index contributed by atoms with van der Waals surface area (Å²) in [4.78, 5) is 43.0. The largest absolute Gasteiger partial charge is 0.468 e. The number of ether oxygens (including phenoxy) is 1. The molecule has 1 heterocycles. The van der Waals surface area contributed by atoms with Crippen molar-refractivity contribution in [3.63, 3.8) is 0 Å². The molecule has 0 aliphatic carbocycles. The van der Waals surface area contributed by atoms with Crippen molar-refractivity contribution < 1.29 is 23.9 Å². The first-order valence-electron chi connectivity index (χ1n) is 7.02. The van der Waals surface area contributed by atoms with Gasteiger partial charge in [0.2, 0.25) is 17.7 Å². The van der Waals surface area contributed by atoms with Crippen LogP contribution < -0.4 is 21.7 Å². The molecule has 3 amide bonds. The van der Waals surface area contributed by atoms with Gasteiger partial charge in [-0.05, 0) is 12.8 Å². The van der Waals surface area contributed by atoms with E-state index < -0.39 is 12.0 Å². The Morgan fingerprint density at radius 1 is 1.41 bits per heavy atom. The Labute approximate surface area is 129 Å². The second-order valence-electron chi connectivity index (χ2n) is 4.55. The maximum absolute atomic E-state index is 11.0. The van der Waals surface area contributed by atoms with Crippen LogP contribution in [0.4, 0.5) is 0 Å². The summed E-state index contributed by atoms with van der Waals surface area (Å²) in [6.07, 6.45) is 1.20. The van der Waals surface area contributed by atoms with E-state index in [-0.39, 0.29) is 36.9 Å². The zero-order chi connectivity index (χ0) is 17.1. The lowest BCUT2D eigenvalue weighted by Gasteiger charge is -2.21. The van der Waals surface area contributed by atoms with Crippen LogP contribution in [0.2, 0.25) is 0 Å². The Bertz CT molecular complexity index is 413. The number of amides is 3. The molecule has 0 unspecified atom stereocenters. The Hall–Kier alpha value is -2.16. The molecule has 0 aromatic rings. The molecule has 0 spiro atoms. The lowest BCUT2D eigenvalue weighted by Crippen LogP contribution is -2.55. The minimum Gasteiger partial charge on any atom is -0.468 e. The fourth-order valence-electron chi connectivity index (χ4n) is 1.44. The molecule has 9 nitrogen and oxygen atoms in total. The molecule has 1 aliphatic rings. The van der Waals surface area contributed by atoms with Crippen molar-refractivity contribution in [3.8, 4) is 0 Å². The summed E-state index contributed by atoms with van der Waals surface area (Å²) in [6, 6.07) is -0.865. The van der Waals surface area contributed by atoms with E-state index in [2.05, 4.69) is 20.7 Å². The quantitative estimate of drug-likeness (QED) is 0.434. The van der Waals surface area contributed by atoms with E-state index in [0.29, 0.717) is 12.8 Å². The van der Waals surface area contributed by atoms with E-state index in [0.717, 1.165) is 0 Å². The van der Waals surface area contributed by atoms with E-state index in [4.69, 9.17) is 5.73 Å². The summed E-state index contributed by atoms with van der Waals surface area (Å²) in [7, 11) is 1.26. The van der Waals surface area contributed by atoms with Crippen LogP contribution in [0, 0.1) is 0 Å². The van der Waals surface area contributed by atoms with Crippen LogP contribution in [0.15, 0.2) is 0 Å². The first-order valence-corrected chi connectivity index (χ1v) is 7.02. The third kappa shape index (κ3) is 7.58. The molecule has 5 N–H and O–H groups in total. The van der Waals surface area contributed by atoms with Crippen molar-refractivity contribution >= 4 is 23.7 Å². The molecule has 1 rings (SSSR count). The van der Waals surface area contributed by atoms with Gasteiger partial charge in [-0.15, -0.1) is 0 Å². The predicted molar refractivity (Wildman–Crippen MR) is 78.5 cm³/mol. The smallest absolute Gasteiger partial charge is 0.325 e. The van der Waals surface area contributed by atoms with Crippen LogP contribution in [0.3, 0.4) is 0 Å². The molecule has 0 bridgehead atoms. The van der Waals surface area contributed by atoms with E-state index in [1.807, 2.05) is 6.92 Å². The van der Waals surface area contributed by atoms with E-state index >= 15 is 0 Å². The van der Waals surface area contributed by atoms with Gasteiger partial charge >= 0.3 is 5.97 Å². The topological polar surface area (TPSA) is 140 Å². The number of nitrogens with one attached hydrogen (secondary N) is 3. The van der Waals surface area contributed by atoms with Gasteiger partial charge in [0, 0.05) is 0 Å². The van der Waals surface area contributed by atoms with Crippen molar-refractivity contribution in [2.24, 2.45) is 5.73 Å². The summed E-state index contributed by atoms with van der Waals surface area (Å²) < 4.78 is 4.32. The highest BCUT2D eigenvalue weighted by molar-refractivity contribution is 5.94. The molecule has 0 saturated carbocycles. The molecule has 1 saturated heterocycles. The van der Waals surface area contributed by atoms with Crippen LogP contribution in [-0.2, 0) is 23.9 Å². The average molecular weight is 316 g/mol. The molecule has 2 atom stereocenters. The number of nitrogens with two attached hydrogens (primary N) is 1. The van der Waals surface area contributed by atoms with Crippen LogP contribution in [0.5, 0.6) is 0 Å². The Balaban J connectivity index is 0.000000406. The Morgan fingerprint density at radius 3 is 2.50 bits per heavy atom. The number of methoxy groups -OCH3 is 1. The highest BCUT2D eigenvalue weighted by Crippen LogP contribution is 1.94. The highest BCUT2D eigenvalue weighted by atomic mass is 16.5. The minimum atomic E-state index is -0.547. The molecule has 9 heteroatoms. The molecule has 22 heavy (non-hydrogen) atoms. The van der Waals surface area contributed by atoms with Crippen LogP contribution >= 0.6 is 0 Å². The molecule has 0 radical (unpaired) electrons. The van der Waals surface area contributed by atoms with Gasteiger partial charge < -0.3 is 26.4 Å². The molecular weight excluding hydrogens is 292 g/mol. The molecule has 1 aliphatic heterocycles. The number of carbonyl (C=O) groups is 4. The SMILES string of the molecule is CC[C@@H]1NC(=O)CNC1=O.CC[C@H](N)C(=O)NCC(=O)OC. The summed E-state index contributed by atoms with van der Waals surface area (Å²) >= 11 is 0. The maximum atomic E-state index is 11.0. The number of esters is 1. The second kappa shape index (κ2) is 10.6. The number of hydrogen-bond acceptors (Lipinski definition) is 6. The van der Waals surface area contributed by atoms with Crippen molar-refractivity contribution in [1.82, 2.24) is 16.0 Å². The predicted octanol–water partition coefficient (Wildman–Crippen LogP) is -1.98.